The molecule has 4 atom stereocenters. The number of rotatable bonds is 8. The smallest absolute Gasteiger partial charge is 0.315 e. The quantitative estimate of drug-likeness (QED) is 0.237. The van der Waals surface area contributed by atoms with Crippen LogP contribution in [0, 0.1) is 16.7 Å². The summed E-state index contributed by atoms with van der Waals surface area (Å²) in [5.41, 5.74) is 2.01. The number of fused-ring (bicyclic) bond motifs is 3. The van der Waals surface area contributed by atoms with Crippen LogP contribution >= 0.6 is 0 Å². The number of esters is 1. The van der Waals surface area contributed by atoms with Crippen molar-refractivity contribution in [2.75, 3.05) is 18.6 Å². The van der Waals surface area contributed by atoms with E-state index in [0.717, 1.165) is 30.7 Å². The Morgan fingerprint density at radius 1 is 0.974 bits per heavy atom. The fourth-order valence-corrected chi connectivity index (χ4v) is 7.28. The molecule has 0 unspecified atom stereocenters. The number of carbonyl (C=O) groups excluding carboxylic acids is 2. The van der Waals surface area contributed by atoms with Crippen LogP contribution in [0.2, 0.25) is 0 Å². The minimum absolute atomic E-state index is 0.00587. The van der Waals surface area contributed by atoms with Crippen LogP contribution in [0.1, 0.15) is 64.9 Å². The molecule has 2 saturated carbocycles. The average molecular weight is 514 g/mol. The molecule has 3 aromatic rings. The number of amides is 1. The SMILES string of the molecule is CCCN(C(=O)CC(=O)O[C@@H]1[C@H]2CC[C@@](C)([C@@H]1c1cccc3ccccc13)C2(C)C)c1ccc(OC)cc1. The Morgan fingerprint density at radius 3 is 2.39 bits per heavy atom. The van der Waals surface area contributed by atoms with Crippen LogP contribution in [-0.2, 0) is 14.3 Å². The molecule has 3 aromatic carbocycles. The summed E-state index contributed by atoms with van der Waals surface area (Å²) in [6.45, 7) is 9.58. The van der Waals surface area contributed by atoms with Crippen LogP contribution in [-0.4, -0.2) is 31.6 Å². The highest BCUT2D eigenvalue weighted by Gasteiger charge is 2.67. The Morgan fingerprint density at radius 2 is 1.68 bits per heavy atom. The zero-order valence-electron chi connectivity index (χ0n) is 23.2. The molecule has 0 heterocycles. The number of carbonyl (C=O) groups is 2. The third-order valence-corrected chi connectivity index (χ3v) is 9.64. The summed E-state index contributed by atoms with van der Waals surface area (Å²) in [6.07, 6.45) is 2.40. The number of nitrogens with zero attached hydrogens (tertiary/aromatic N) is 1. The fourth-order valence-electron chi connectivity index (χ4n) is 7.28. The number of hydrogen-bond donors (Lipinski definition) is 0. The average Bonchev–Trinajstić information content (AvgIpc) is 3.23. The Bertz CT molecular complexity index is 1330. The molecule has 0 spiro atoms. The van der Waals surface area contributed by atoms with E-state index in [0.29, 0.717) is 6.54 Å². The lowest BCUT2D eigenvalue weighted by atomic mass is 9.64. The second-order valence-corrected chi connectivity index (χ2v) is 11.7. The van der Waals surface area contributed by atoms with E-state index in [2.05, 4.69) is 63.2 Å². The molecule has 200 valence electrons. The van der Waals surface area contributed by atoms with Crippen molar-refractivity contribution in [2.24, 2.45) is 16.7 Å². The molecule has 0 aromatic heterocycles. The Kier molecular flexibility index (Phi) is 6.97. The van der Waals surface area contributed by atoms with Gasteiger partial charge in [0.2, 0.25) is 5.91 Å². The van der Waals surface area contributed by atoms with E-state index in [1.54, 1.807) is 12.0 Å². The maximum atomic E-state index is 13.4. The van der Waals surface area contributed by atoms with Crippen molar-refractivity contribution < 1.29 is 19.1 Å². The van der Waals surface area contributed by atoms with E-state index < -0.39 is 5.97 Å². The van der Waals surface area contributed by atoms with Gasteiger partial charge in [-0.15, -0.1) is 0 Å². The topological polar surface area (TPSA) is 55.8 Å². The zero-order chi connectivity index (χ0) is 27.1. The molecule has 0 aliphatic heterocycles. The van der Waals surface area contributed by atoms with Gasteiger partial charge in [0.1, 0.15) is 18.3 Å². The van der Waals surface area contributed by atoms with Gasteiger partial charge in [0.25, 0.3) is 0 Å². The summed E-state index contributed by atoms with van der Waals surface area (Å²) in [6, 6.07) is 22.3. The molecule has 1 amide bonds. The van der Waals surface area contributed by atoms with Crippen molar-refractivity contribution in [2.45, 2.75) is 65.4 Å². The molecule has 0 saturated heterocycles. The summed E-state index contributed by atoms with van der Waals surface area (Å²) in [7, 11) is 1.61. The van der Waals surface area contributed by atoms with Gasteiger partial charge in [-0.1, -0.05) is 70.2 Å². The molecule has 5 nitrogen and oxygen atoms in total. The van der Waals surface area contributed by atoms with Crippen molar-refractivity contribution in [3.05, 3.63) is 72.3 Å². The largest absolute Gasteiger partial charge is 0.497 e. The van der Waals surface area contributed by atoms with Crippen molar-refractivity contribution in [1.82, 2.24) is 0 Å². The third-order valence-electron chi connectivity index (χ3n) is 9.64. The van der Waals surface area contributed by atoms with Crippen LogP contribution < -0.4 is 9.64 Å². The van der Waals surface area contributed by atoms with E-state index >= 15 is 0 Å². The maximum absolute atomic E-state index is 13.4. The van der Waals surface area contributed by atoms with Gasteiger partial charge >= 0.3 is 5.97 Å². The molecule has 0 N–H and O–H groups in total. The summed E-state index contributed by atoms with van der Waals surface area (Å²) in [4.78, 5) is 28.4. The van der Waals surface area contributed by atoms with Crippen LogP contribution in [0.3, 0.4) is 0 Å². The number of benzene rings is 3. The summed E-state index contributed by atoms with van der Waals surface area (Å²) in [5, 5.41) is 2.42. The van der Waals surface area contributed by atoms with E-state index in [9.17, 15) is 9.59 Å². The van der Waals surface area contributed by atoms with Gasteiger partial charge in [-0.25, -0.2) is 0 Å². The van der Waals surface area contributed by atoms with Crippen LogP contribution in [0.4, 0.5) is 5.69 Å². The minimum Gasteiger partial charge on any atom is -0.497 e. The van der Waals surface area contributed by atoms with Gasteiger partial charge in [0.05, 0.1) is 7.11 Å². The second kappa shape index (κ2) is 10.1. The molecule has 5 rings (SSSR count). The normalized spacial score (nSPS) is 25.3. The van der Waals surface area contributed by atoms with Gasteiger partial charge in [0, 0.05) is 24.1 Å². The van der Waals surface area contributed by atoms with E-state index in [1.807, 2.05) is 31.2 Å². The summed E-state index contributed by atoms with van der Waals surface area (Å²) >= 11 is 0. The van der Waals surface area contributed by atoms with Crippen molar-refractivity contribution >= 4 is 28.3 Å². The first-order valence-electron chi connectivity index (χ1n) is 13.8. The Balaban J connectivity index is 1.41. The lowest BCUT2D eigenvalue weighted by Crippen LogP contribution is -2.37. The first-order chi connectivity index (χ1) is 18.2. The summed E-state index contributed by atoms with van der Waals surface area (Å²) < 4.78 is 11.6. The highest BCUT2D eigenvalue weighted by atomic mass is 16.5. The monoisotopic (exact) mass is 513 g/mol. The summed E-state index contributed by atoms with van der Waals surface area (Å²) in [5.74, 6) is 0.381. The van der Waals surface area contributed by atoms with E-state index in [4.69, 9.17) is 9.47 Å². The first kappa shape index (κ1) is 26.3. The van der Waals surface area contributed by atoms with Gasteiger partial charge in [-0.05, 0) is 70.7 Å². The Hall–Kier alpha value is -3.34. The van der Waals surface area contributed by atoms with Gasteiger partial charge in [-0.3, -0.25) is 9.59 Å². The number of anilines is 1. The van der Waals surface area contributed by atoms with Gasteiger partial charge < -0.3 is 14.4 Å². The zero-order valence-corrected chi connectivity index (χ0v) is 23.2. The lowest BCUT2D eigenvalue weighted by molar-refractivity contribution is -0.155. The first-order valence-corrected chi connectivity index (χ1v) is 13.8. The molecule has 0 radical (unpaired) electrons. The number of hydrogen-bond acceptors (Lipinski definition) is 4. The minimum atomic E-state index is -0.438. The molecule has 2 bridgehead atoms. The molecule has 38 heavy (non-hydrogen) atoms. The second-order valence-electron chi connectivity index (χ2n) is 11.7. The molecule has 5 heteroatoms. The molecule has 2 aliphatic carbocycles. The van der Waals surface area contributed by atoms with Crippen molar-refractivity contribution in [3.63, 3.8) is 0 Å². The Labute approximate surface area is 226 Å². The standard InChI is InChI=1S/C33H39NO4/c1-6-20-34(23-14-16-24(37-5)17-15-23)28(35)21-29(36)38-31-27-18-19-33(4,32(27,2)3)30(31)26-13-9-11-22-10-7-8-12-25(22)26/h7-17,27,30-31H,6,18-21H2,1-5H3/t27-,30-,31-,33+/m1/s1. The molecule has 2 fully saturated rings. The molecule has 2 aliphatic rings. The lowest BCUT2D eigenvalue weighted by Gasteiger charge is -2.40. The van der Waals surface area contributed by atoms with Crippen LogP contribution in [0.25, 0.3) is 10.8 Å². The van der Waals surface area contributed by atoms with Gasteiger partial charge in [-0.2, -0.15) is 0 Å². The molecular weight excluding hydrogens is 474 g/mol. The molecular formula is C33H39NO4. The predicted octanol–water partition coefficient (Wildman–Crippen LogP) is 7.13. The fraction of sp³-hybridized carbons (Fsp3) is 0.455. The van der Waals surface area contributed by atoms with Gasteiger partial charge in [0.15, 0.2) is 0 Å². The highest BCUT2D eigenvalue weighted by molar-refractivity contribution is 6.03. The van der Waals surface area contributed by atoms with Crippen molar-refractivity contribution in [3.8, 4) is 5.75 Å². The van der Waals surface area contributed by atoms with E-state index in [1.165, 1.54) is 16.3 Å². The maximum Gasteiger partial charge on any atom is 0.315 e. The van der Waals surface area contributed by atoms with Crippen molar-refractivity contribution in [1.29, 1.82) is 0 Å². The predicted molar refractivity (Wildman–Crippen MR) is 151 cm³/mol. The highest BCUT2D eigenvalue weighted by Crippen LogP contribution is 2.72. The third kappa shape index (κ3) is 4.26. The van der Waals surface area contributed by atoms with Crippen LogP contribution in [0.15, 0.2) is 66.7 Å². The number of ether oxygens (including phenoxy) is 2. The van der Waals surface area contributed by atoms with E-state index in [-0.39, 0.29) is 41.1 Å². The number of methoxy groups -OCH3 is 1. The van der Waals surface area contributed by atoms with Crippen LogP contribution in [0.5, 0.6) is 5.75 Å².